The maximum Gasteiger partial charge on any atom is 0.230 e. The van der Waals surface area contributed by atoms with Crippen molar-refractivity contribution in [3.8, 4) is 11.4 Å². The molecule has 0 unspecified atom stereocenters. The maximum atomic E-state index is 11.8. The minimum Gasteiger partial charge on any atom is -0.494 e. The Hall–Kier alpha value is -2.13. The fraction of sp³-hybridized carbons (Fsp3) is 0.429. The summed E-state index contributed by atoms with van der Waals surface area (Å²) in [6.07, 6.45) is 0.784. The van der Waals surface area contributed by atoms with Gasteiger partial charge in [0, 0.05) is 20.3 Å². The molecule has 0 spiro atoms. The molecule has 0 bridgehead atoms. The van der Waals surface area contributed by atoms with Gasteiger partial charge in [-0.1, -0.05) is 23.9 Å². The van der Waals surface area contributed by atoms with Gasteiger partial charge >= 0.3 is 0 Å². The van der Waals surface area contributed by atoms with Crippen LogP contribution >= 0.6 is 11.8 Å². The van der Waals surface area contributed by atoms with Gasteiger partial charge in [-0.15, -0.1) is 5.10 Å². The zero-order chi connectivity index (χ0) is 16.5. The first-order valence-corrected chi connectivity index (χ1v) is 8.05. The Bertz CT molecular complexity index is 634. The second kappa shape index (κ2) is 9.11. The van der Waals surface area contributed by atoms with Crippen molar-refractivity contribution in [1.29, 1.82) is 0 Å². The summed E-state index contributed by atoms with van der Waals surface area (Å²) in [7, 11) is 3.22. The number of nitrogens with one attached hydrogen (secondary N) is 1. The number of amides is 1. The molecule has 23 heavy (non-hydrogen) atoms. The zero-order valence-electron chi connectivity index (χ0n) is 13.1. The molecule has 0 saturated heterocycles. The molecule has 9 heteroatoms. The Balaban J connectivity index is 1.95. The molecule has 124 valence electrons. The number of methoxy groups -OCH3 is 2. The lowest BCUT2D eigenvalue weighted by Crippen LogP contribution is -2.27. The molecule has 0 fully saturated rings. The predicted octanol–water partition coefficient (Wildman–Crippen LogP) is 0.916. The van der Waals surface area contributed by atoms with Gasteiger partial charge in [0.2, 0.25) is 11.1 Å². The van der Waals surface area contributed by atoms with E-state index in [4.69, 9.17) is 9.47 Å². The maximum absolute atomic E-state index is 11.8. The molecule has 2 aromatic rings. The van der Waals surface area contributed by atoms with Gasteiger partial charge in [-0.25, -0.2) is 0 Å². The zero-order valence-corrected chi connectivity index (χ0v) is 13.9. The van der Waals surface area contributed by atoms with Gasteiger partial charge in [0.25, 0.3) is 0 Å². The van der Waals surface area contributed by atoms with Crippen LogP contribution in [-0.2, 0) is 9.53 Å². The SMILES string of the molecule is COCCCNC(=O)CSc1nnnn1-c1ccccc1OC. The average Bonchev–Trinajstić information content (AvgIpc) is 3.05. The number of ether oxygens (including phenoxy) is 2. The van der Waals surface area contributed by atoms with Crippen LogP contribution in [0.15, 0.2) is 29.4 Å². The van der Waals surface area contributed by atoms with Gasteiger partial charge in [0.1, 0.15) is 11.4 Å². The summed E-state index contributed by atoms with van der Waals surface area (Å²) in [5.41, 5.74) is 0.725. The first-order valence-electron chi connectivity index (χ1n) is 7.06. The van der Waals surface area contributed by atoms with Crippen LogP contribution in [0.3, 0.4) is 0 Å². The molecular weight excluding hydrogens is 318 g/mol. The fourth-order valence-electron chi connectivity index (χ4n) is 1.85. The fourth-order valence-corrected chi connectivity index (χ4v) is 2.56. The number of hydrogen-bond donors (Lipinski definition) is 1. The molecule has 1 N–H and O–H groups in total. The summed E-state index contributed by atoms with van der Waals surface area (Å²) in [6, 6.07) is 7.42. The van der Waals surface area contributed by atoms with Crippen LogP contribution in [0.1, 0.15) is 6.42 Å². The lowest BCUT2D eigenvalue weighted by Gasteiger charge is -2.09. The lowest BCUT2D eigenvalue weighted by atomic mass is 10.3. The van der Waals surface area contributed by atoms with Crippen LogP contribution in [0.2, 0.25) is 0 Å². The minimum atomic E-state index is -0.0688. The topological polar surface area (TPSA) is 91.2 Å². The molecule has 2 rings (SSSR count). The van der Waals surface area contributed by atoms with Crippen molar-refractivity contribution >= 4 is 17.7 Å². The Labute approximate surface area is 138 Å². The molecular formula is C14H19N5O3S. The number of carbonyl (C=O) groups excluding carboxylic acids is 1. The molecule has 1 heterocycles. The van der Waals surface area contributed by atoms with Gasteiger partial charge < -0.3 is 14.8 Å². The van der Waals surface area contributed by atoms with E-state index >= 15 is 0 Å². The number of thioether (sulfide) groups is 1. The van der Waals surface area contributed by atoms with Crippen molar-refractivity contribution in [2.45, 2.75) is 11.6 Å². The lowest BCUT2D eigenvalue weighted by molar-refractivity contribution is -0.118. The predicted molar refractivity (Wildman–Crippen MR) is 85.9 cm³/mol. The Morgan fingerprint density at radius 3 is 2.96 bits per heavy atom. The highest BCUT2D eigenvalue weighted by Crippen LogP contribution is 2.25. The van der Waals surface area contributed by atoms with Crippen molar-refractivity contribution in [2.75, 3.05) is 33.1 Å². The van der Waals surface area contributed by atoms with Crippen molar-refractivity contribution in [3.63, 3.8) is 0 Å². The molecule has 8 nitrogen and oxygen atoms in total. The number of para-hydroxylation sites is 2. The first-order chi connectivity index (χ1) is 11.3. The van der Waals surface area contributed by atoms with Crippen molar-refractivity contribution < 1.29 is 14.3 Å². The van der Waals surface area contributed by atoms with Gasteiger partial charge in [0.15, 0.2) is 0 Å². The molecule has 0 atom stereocenters. The number of carbonyl (C=O) groups is 1. The van der Waals surface area contributed by atoms with Gasteiger partial charge in [-0.05, 0) is 29.0 Å². The molecule has 0 aliphatic heterocycles. The van der Waals surface area contributed by atoms with Crippen molar-refractivity contribution in [3.05, 3.63) is 24.3 Å². The van der Waals surface area contributed by atoms with Gasteiger partial charge in [-0.2, -0.15) is 4.68 Å². The highest BCUT2D eigenvalue weighted by atomic mass is 32.2. The third-order valence-electron chi connectivity index (χ3n) is 2.93. The van der Waals surface area contributed by atoms with Crippen molar-refractivity contribution in [1.82, 2.24) is 25.5 Å². The first kappa shape index (κ1) is 17.2. The molecule has 1 amide bonds. The monoisotopic (exact) mass is 337 g/mol. The Kier molecular flexibility index (Phi) is 6.82. The minimum absolute atomic E-state index is 0.0688. The Morgan fingerprint density at radius 2 is 2.17 bits per heavy atom. The van der Waals surface area contributed by atoms with Crippen LogP contribution in [0.4, 0.5) is 0 Å². The van der Waals surface area contributed by atoms with E-state index in [2.05, 4.69) is 20.8 Å². The van der Waals surface area contributed by atoms with Gasteiger partial charge in [0.05, 0.1) is 12.9 Å². The number of aromatic nitrogens is 4. The number of rotatable bonds is 9. The van der Waals surface area contributed by atoms with E-state index in [1.54, 1.807) is 18.9 Å². The summed E-state index contributed by atoms with van der Waals surface area (Å²) in [5, 5.41) is 15.0. The molecule has 0 aliphatic carbocycles. The second-order valence-corrected chi connectivity index (χ2v) is 5.47. The van der Waals surface area contributed by atoms with Crippen LogP contribution in [0, 0.1) is 0 Å². The standard InChI is InChI=1S/C14H19N5O3S/c1-21-9-5-8-15-13(20)10-23-14-16-17-18-19(14)11-6-3-4-7-12(11)22-2/h3-4,6-7H,5,8-10H2,1-2H3,(H,15,20). The van der Waals surface area contributed by atoms with Crippen molar-refractivity contribution in [2.24, 2.45) is 0 Å². The molecule has 1 aromatic carbocycles. The number of hydrogen-bond acceptors (Lipinski definition) is 7. The number of tetrazole rings is 1. The average molecular weight is 337 g/mol. The quantitative estimate of drug-likeness (QED) is 0.537. The van der Waals surface area contributed by atoms with Crippen LogP contribution in [0.25, 0.3) is 5.69 Å². The summed E-state index contributed by atoms with van der Waals surface area (Å²) in [4.78, 5) is 11.8. The molecule has 0 radical (unpaired) electrons. The highest BCUT2D eigenvalue weighted by molar-refractivity contribution is 7.99. The van der Waals surface area contributed by atoms with E-state index in [-0.39, 0.29) is 11.7 Å². The number of benzene rings is 1. The normalized spacial score (nSPS) is 10.5. The van der Waals surface area contributed by atoms with Gasteiger partial charge in [-0.3, -0.25) is 4.79 Å². The molecule has 0 saturated carbocycles. The summed E-state index contributed by atoms with van der Waals surface area (Å²) < 4.78 is 11.8. The van der Waals surface area contributed by atoms with E-state index in [0.29, 0.717) is 24.1 Å². The highest BCUT2D eigenvalue weighted by Gasteiger charge is 2.14. The second-order valence-electron chi connectivity index (χ2n) is 4.53. The summed E-state index contributed by atoms with van der Waals surface area (Å²) in [6.45, 7) is 1.21. The van der Waals surface area contributed by atoms with Crippen LogP contribution < -0.4 is 10.1 Å². The smallest absolute Gasteiger partial charge is 0.230 e. The van der Waals surface area contributed by atoms with E-state index < -0.39 is 0 Å². The summed E-state index contributed by atoms with van der Waals surface area (Å²) in [5.74, 6) is 0.828. The third-order valence-corrected chi connectivity index (χ3v) is 3.85. The Morgan fingerprint density at radius 1 is 1.35 bits per heavy atom. The van der Waals surface area contributed by atoms with Crippen LogP contribution in [0.5, 0.6) is 5.75 Å². The van der Waals surface area contributed by atoms with E-state index in [9.17, 15) is 4.79 Å². The largest absolute Gasteiger partial charge is 0.494 e. The molecule has 1 aromatic heterocycles. The number of nitrogens with zero attached hydrogens (tertiary/aromatic N) is 4. The van der Waals surface area contributed by atoms with Crippen LogP contribution in [-0.4, -0.2) is 59.2 Å². The van der Waals surface area contributed by atoms with E-state index in [1.807, 2.05) is 24.3 Å². The third kappa shape index (κ3) is 4.93. The summed E-state index contributed by atoms with van der Waals surface area (Å²) >= 11 is 1.27. The van der Waals surface area contributed by atoms with E-state index in [0.717, 1.165) is 12.1 Å². The molecule has 0 aliphatic rings. The van der Waals surface area contributed by atoms with E-state index in [1.165, 1.54) is 11.8 Å².